The quantitative estimate of drug-likeness (QED) is 0.719. The van der Waals surface area contributed by atoms with E-state index in [-0.39, 0.29) is 6.17 Å². The van der Waals surface area contributed by atoms with Gasteiger partial charge in [-0.2, -0.15) is 0 Å². The normalized spacial score (nSPS) is 31.9. The summed E-state index contributed by atoms with van der Waals surface area (Å²) in [6.45, 7) is 9.97. The largest absolute Gasteiger partial charge is 0.316 e. The molecule has 0 aromatic rings. The second kappa shape index (κ2) is 8.25. The molecule has 1 heterocycles. The maximum absolute atomic E-state index is 5.73. The molecule has 1 aliphatic heterocycles. The van der Waals surface area contributed by atoms with E-state index in [1.165, 1.54) is 25.7 Å². The summed E-state index contributed by atoms with van der Waals surface area (Å²) in [7, 11) is 0. The maximum atomic E-state index is 5.73. The van der Waals surface area contributed by atoms with Gasteiger partial charge in [0, 0.05) is 0 Å². The van der Waals surface area contributed by atoms with Crippen LogP contribution in [0.5, 0.6) is 0 Å². The highest BCUT2D eigenvalue weighted by Crippen LogP contribution is 2.16. The highest BCUT2D eigenvalue weighted by atomic mass is 15.0. The minimum atomic E-state index is 0.237. The van der Waals surface area contributed by atoms with E-state index < -0.39 is 0 Å². The van der Waals surface area contributed by atoms with E-state index in [0.29, 0.717) is 5.92 Å². The Morgan fingerprint density at radius 1 is 1.21 bits per heavy atom. The van der Waals surface area contributed by atoms with Crippen LogP contribution in [0.3, 0.4) is 0 Å². The molecule has 3 unspecified atom stereocenters. The molecular formula is C12H28N2. The summed E-state index contributed by atoms with van der Waals surface area (Å²) in [6.07, 6.45) is 5.59. The van der Waals surface area contributed by atoms with E-state index in [9.17, 15) is 0 Å². The van der Waals surface area contributed by atoms with Crippen molar-refractivity contribution in [3.63, 3.8) is 0 Å². The van der Waals surface area contributed by atoms with Crippen molar-refractivity contribution in [1.82, 2.24) is 5.32 Å². The van der Waals surface area contributed by atoms with Crippen molar-refractivity contribution >= 4 is 0 Å². The van der Waals surface area contributed by atoms with Gasteiger partial charge < -0.3 is 11.1 Å². The number of nitrogens with two attached hydrogens (primary N) is 1. The summed E-state index contributed by atoms with van der Waals surface area (Å²) in [5, 5.41) is 3.26. The van der Waals surface area contributed by atoms with Gasteiger partial charge in [-0.3, -0.25) is 0 Å². The van der Waals surface area contributed by atoms with Crippen molar-refractivity contribution in [2.24, 2.45) is 17.6 Å². The van der Waals surface area contributed by atoms with Gasteiger partial charge in [-0.05, 0) is 24.8 Å². The third-order valence-electron chi connectivity index (χ3n) is 2.80. The average Bonchev–Trinajstić information content (AvgIpc) is 2.14. The van der Waals surface area contributed by atoms with Crippen molar-refractivity contribution in [3.8, 4) is 0 Å². The Kier molecular flexibility index (Phi) is 8.20. The predicted octanol–water partition coefficient (Wildman–Crippen LogP) is 2.73. The summed E-state index contributed by atoms with van der Waals surface area (Å²) >= 11 is 0. The number of hydrogen-bond donors (Lipinski definition) is 2. The lowest BCUT2D eigenvalue weighted by Crippen LogP contribution is -2.49. The number of rotatable bonds is 2. The number of unbranched alkanes of at least 4 members (excludes halogenated alkanes) is 2. The minimum absolute atomic E-state index is 0.237. The third kappa shape index (κ3) is 6.39. The molecule has 1 saturated heterocycles. The molecule has 1 rings (SSSR count). The Hall–Kier alpha value is -0.0800. The van der Waals surface area contributed by atoms with E-state index in [1.54, 1.807) is 0 Å². The molecule has 0 aromatic heterocycles. The van der Waals surface area contributed by atoms with Gasteiger partial charge in [0.25, 0.3) is 0 Å². The second-order valence-corrected chi connectivity index (χ2v) is 4.61. The van der Waals surface area contributed by atoms with Gasteiger partial charge in [0.2, 0.25) is 0 Å². The van der Waals surface area contributed by atoms with Crippen LogP contribution in [0, 0.1) is 11.8 Å². The maximum Gasteiger partial charge on any atom is 0.0572 e. The summed E-state index contributed by atoms with van der Waals surface area (Å²) in [5.74, 6) is 1.45. The molecule has 0 saturated carbocycles. The molecule has 0 spiro atoms. The Morgan fingerprint density at radius 3 is 2.07 bits per heavy atom. The smallest absolute Gasteiger partial charge is 0.0572 e. The third-order valence-corrected chi connectivity index (χ3v) is 2.80. The van der Waals surface area contributed by atoms with Crippen molar-refractivity contribution in [3.05, 3.63) is 0 Å². The Balaban J connectivity index is 0.000000292. The fraction of sp³-hybridized carbons (Fsp3) is 1.00. The summed E-state index contributed by atoms with van der Waals surface area (Å²) in [5.41, 5.74) is 5.73. The van der Waals surface area contributed by atoms with Crippen LogP contribution in [-0.2, 0) is 0 Å². The van der Waals surface area contributed by atoms with Crippen molar-refractivity contribution in [2.45, 2.75) is 59.5 Å². The molecule has 1 aliphatic rings. The van der Waals surface area contributed by atoms with Crippen LogP contribution in [0.4, 0.5) is 0 Å². The topological polar surface area (TPSA) is 38.0 Å². The van der Waals surface area contributed by atoms with E-state index in [2.05, 4.69) is 33.0 Å². The fourth-order valence-electron chi connectivity index (χ4n) is 1.76. The van der Waals surface area contributed by atoms with Crippen molar-refractivity contribution in [2.75, 3.05) is 6.54 Å². The molecular weight excluding hydrogens is 172 g/mol. The fourth-order valence-corrected chi connectivity index (χ4v) is 1.76. The lowest BCUT2D eigenvalue weighted by molar-refractivity contribution is 0.248. The highest BCUT2D eigenvalue weighted by Gasteiger charge is 2.20. The van der Waals surface area contributed by atoms with Crippen LogP contribution in [-0.4, -0.2) is 12.7 Å². The van der Waals surface area contributed by atoms with Gasteiger partial charge in [-0.1, -0.05) is 47.0 Å². The Bertz CT molecular complexity index is 123. The van der Waals surface area contributed by atoms with Crippen LogP contribution in [0.15, 0.2) is 0 Å². The average molecular weight is 200 g/mol. The summed E-state index contributed by atoms with van der Waals surface area (Å²) in [4.78, 5) is 0. The lowest BCUT2D eigenvalue weighted by Gasteiger charge is -2.30. The molecule has 2 nitrogen and oxygen atoms in total. The van der Waals surface area contributed by atoms with E-state index in [1.807, 2.05) is 0 Å². The number of piperidine rings is 1. The molecule has 0 aromatic carbocycles. The standard InChI is InChI=1S/C7H16N2.C5H12/c1-5-3-6(2)7(8)9-4-5;1-3-5-4-2/h5-7,9H,3-4,8H2,1-2H3;3-5H2,1-2H3. The zero-order valence-electron chi connectivity index (χ0n) is 10.3. The molecule has 0 aliphatic carbocycles. The summed E-state index contributed by atoms with van der Waals surface area (Å²) < 4.78 is 0. The Morgan fingerprint density at radius 2 is 1.79 bits per heavy atom. The van der Waals surface area contributed by atoms with Gasteiger partial charge in [0.15, 0.2) is 0 Å². The second-order valence-electron chi connectivity index (χ2n) is 4.61. The first-order chi connectivity index (χ1) is 6.61. The zero-order valence-corrected chi connectivity index (χ0v) is 10.3. The van der Waals surface area contributed by atoms with Crippen LogP contribution in [0.1, 0.15) is 53.4 Å². The first kappa shape index (κ1) is 13.9. The van der Waals surface area contributed by atoms with Crippen LogP contribution >= 0.6 is 0 Å². The van der Waals surface area contributed by atoms with E-state index >= 15 is 0 Å². The SMILES string of the molecule is CC1CNC(N)C(C)C1.CCCCC. The molecule has 0 radical (unpaired) electrons. The van der Waals surface area contributed by atoms with Gasteiger partial charge in [-0.25, -0.2) is 0 Å². The minimum Gasteiger partial charge on any atom is -0.316 e. The monoisotopic (exact) mass is 200 g/mol. The van der Waals surface area contributed by atoms with Crippen LogP contribution in [0.2, 0.25) is 0 Å². The van der Waals surface area contributed by atoms with Crippen LogP contribution in [0.25, 0.3) is 0 Å². The molecule has 0 bridgehead atoms. The van der Waals surface area contributed by atoms with Crippen LogP contribution < -0.4 is 11.1 Å². The Labute approximate surface area is 89.6 Å². The van der Waals surface area contributed by atoms with Gasteiger partial charge in [0.05, 0.1) is 6.17 Å². The molecule has 0 amide bonds. The molecule has 86 valence electrons. The van der Waals surface area contributed by atoms with Crippen molar-refractivity contribution < 1.29 is 0 Å². The van der Waals surface area contributed by atoms with Gasteiger partial charge >= 0.3 is 0 Å². The van der Waals surface area contributed by atoms with Crippen molar-refractivity contribution in [1.29, 1.82) is 0 Å². The molecule has 14 heavy (non-hydrogen) atoms. The molecule has 3 atom stereocenters. The van der Waals surface area contributed by atoms with Gasteiger partial charge in [-0.15, -0.1) is 0 Å². The van der Waals surface area contributed by atoms with Gasteiger partial charge in [0.1, 0.15) is 0 Å². The highest BCUT2D eigenvalue weighted by molar-refractivity contribution is 4.76. The van der Waals surface area contributed by atoms with E-state index in [0.717, 1.165) is 12.5 Å². The molecule has 3 N–H and O–H groups in total. The first-order valence-electron chi connectivity index (χ1n) is 6.10. The number of hydrogen-bond acceptors (Lipinski definition) is 2. The van der Waals surface area contributed by atoms with E-state index in [4.69, 9.17) is 5.73 Å². The molecule has 2 heteroatoms. The summed E-state index contributed by atoms with van der Waals surface area (Å²) in [6, 6.07) is 0. The zero-order chi connectivity index (χ0) is 11.0. The molecule has 1 fully saturated rings. The number of nitrogens with one attached hydrogen (secondary N) is 1. The lowest BCUT2D eigenvalue weighted by atomic mass is 9.91. The predicted molar refractivity (Wildman–Crippen MR) is 64.1 cm³/mol. The first-order valence-corrected chi connectivity index (χ1v) is 6.10.